The van der Waals surface area contributed by atoms with Gasteiger partial charge in [-0.25, -0.2) is 4.98 Å². The lowest BCUT2D eigenvalue weighted by molar-refractivity contribution is -0.136. The molecule has 2 saturated heterocycles. The van der Waals surface area contributed by atoms with Gasteiger partial charge in [-0.05, 0) is 19.9 Å². The minimum Gasteiger partial charge on any atom is -0.375 e. The number of fused-ring (bicyclic) bond motifs is 1. The molecule has 146 valence electrons. The van der Waals surface area contributed by atoms with Crippen LogP contribution in [0.3, 0.4) is 0 Å². The summed E-state index contributed by atoms with van der Waals surface area (Å²) >= 11 is 0. The van der Waals surface area contributed by atoms with Crippen molar-refractivity contribution in [3.05, 3.63) is 18.6 Å². The van der Waals surface area contributed by atoms with Gasteiger partial charge >= 0.3 is 0 Å². The van der Waals surface area contributed by atoms with Crippen LogP contribution in [0.1, 0.15) is 20.3 Å². The number of hydrogen-bond donors (Lipinski definition) is 0. The van der Waals surface area contributed by atoms with Gasteiger partial charge in [0.2, 0.25) is 5.91 Å². The molecule has 2 aromatic heterocycles. The highest BCUT2D eigenvalue weighted by Gasteiger charge is 2.28. The van der Waals surface area contributed by atoms with Gasteiger partial charge in [-0.15, -0.1) is 10.2 Å². The zero-order chi connectivity index (χ0) is 18.8. The summed E-state index contributed by atoms with van der Waals surface area (Å²) in [6.45, 7) is 9.87. The van der Waals surface area contributed by atoms with E-state index >= 15 is 0 Å². The number of aromatic nitrogens is 4. The van der Waals surface area contributed by atoms with Gasteiger partial charge in [-0.3, -0.25) is 14.1 Å². The molecule has 4 rings (SSSR count). The highest BCUT2D eigenvalue weighted by atomic mass is 16.5. The van der Waals surface area contributed by atoms with Crippen LogP contribution >= 0.6 is 0 Å². The van der Waals surface area contributed by atoms with Crippen molar-refractivity contribution in [2.75, 3.05) is 50.8 Å². The molecule has 9 heteroatoms. The van der Waals surface area contributed by atoms with Crippen molar-refractivity contribution < 1.29 is 9.53 Å². The van der Waals surface area contributed by atoms with Gasteiger partial charge in [-0.2, -0.15) is 0 Å². The summed E-state index contributed by atoms with van der Waals surface area (Å²) in [5.74, 6) is 1.80. The lowest BCUT2D eigenvalue weighted by atomic mass is 10.1. The van der Waals surface area contributed by atoms with Crippen molar-refractivity contribution >= 4 is 17.5 Å². The van der Waals surface area contributed by atoms with Gasteiger partial charge in [0.1, 0.15) is 12.1 Å². The number of amides is 1. The Morgan fingerprint density at radius 2 is 2.07 bits per heavy atom. The molecular weight excluding hydrogens is 346 g/mol. The van der Waals surface area contributed by atoms with E-state index in [2.05, 4.69) is 38.8 Å². The highest BCUT2D eigenvalue weighted by Crippen LogP contribution is 2.18. The van der Waals surface area contributed by atoms with E-state index in [9.17, 15) is 4.79 Å². The molecule has 1 amide bonds. The maximum atomic E-state index is 12.7. The van der Waals surface area contributed by atoms with Crippen LogP contribution in [0.5, 0.6) is 0 Å². The molecule has 2 aromatic rings. The van der Waals surface area contributed by atoms with Crippen LogP contribution in [0, 0.1) is 0 Å². The van der Waals surface area contributed by atoms with E-state index in [-0.39, 0.29) is 12.0 Å². The summed E-state index contributed by atoms with van der Waals surface area (Å²) in [5.41, 5.74) is 0. The molecule has 1 atom stereocenters. The Labute approximate surface area is 158 Å². The molecule has 0 bridgehead atoms. The molecule has 2 fully saturated rings. The van der Waals surface area contributed by atoms with E-state index < -0.39 is 0 Å². The largest absolute Gasteiger partial charge is 0.375 e. The van der Waals surface area contributed by atoms with Crippen LogP contribution in [0.2, 0.25) is 0 Å². The van der Waals surface area contributed by atoms with Gasteiger partial charge in [0.05, 0.1) is 19.1 Å². The topological polar surface area (TPSA) is 79.1 Å². The Morgan fingerprint density at radius 1 is 1.26 bits per heavy atom. The molecule has 0 N–H and O–H groups in total. The minimum absolute atomic E-state index is 0.00326. The Kier molecular flexibility index (Phi) is 5.22. The molecule has 0 spiro atoms. The number of hydrogen-bond acceptors (Lipinski definition) is 7. The van der Waals surface area contributed by atoms with Gasteiger partial charge in [0.25, 0.3) is 5.78 Å². The summed E-state index contributed by atoms with van der Waals surface area (Å²) in [4.78, 5) is 23.5. The Balaban J connectivity index is 1.32. The SMILES string of the molecule is CC(C)N1CCOC(CC(=O)N2CCN(c3ccnc4nncn34)CC2)C1. The predicted octanol–water partition coefficient (Wildman–Crippen LogP) is 0.272. The van der Waals surface area contributed by atoms with Crippen LogP contribution < -0.4 is 4.90 Å². The predicted molar refractivity (Wildman–Crippen MR) is 101 cm³/mol. The van der Waals surface area contributed by atoms with Crippen LogP contribution in [-0.2, 0) is 9.53 Å². The van der Waals surface area contributed by atoms with Gasteiger partial charge in [-0.1, -0.05) is 0 Å². The lowest BCUT2D eigenvalue weighted by Gasteiger charge is -2.38. The fourth-order valence-electron chi connectivity index (χ4n) is 3.83. The summed E-state index contributed by atoms with van der Waals surface area (Å²) in [6, 6.07) is 2.45. The molecule has 0 saturated carbocycles. The molecule has 0 aromatic carbocycles. The number of rotatable bonds is 4. The van der Waals surface area contributed by atoms with Crippen molar-refractivity contribution in [2.24, 2.45) is 0 Å². The van der Waals surface area contributed by atoms with E-state index in [1.54, 1.807) is 12.5 Å². The second kappa shape index (κ2) is 7.77. The average molecular weight is 373 g/mol. The Hall–Kier alpha value is -2.26. The molecule has 0 radical (unpaired) electrons. The third kappa shape index (κ3) is 3.89. The van der Waals surface area contributed by atoms with Crippen LogP contribution in [0.15, 0.2) is 18.6 Å². The highest BCUT2D eigenvalue weighted by molar-refractivity contribution is 5.77. The molecule has 2 aliphatic rings. The first-order chi connectivity index (χ1) is 13.1. The van der Waals surface area contributed by atoms with E-state index in [0.717, 1.165) is 32.0 Å². The lowest BCUT2D eigenvalue weighted by Crippen LogP contribution is -2.51. The average Bonchev–Trinajstić information content (AvgIpc) is 3.17. The zero-order valence-corrected chi connectivity index (χ0v) is 16.0. The molecular formula is C18H27N7O2. The number of carbonyl (C=O) groups excluding carboxylic acids is 1. The second-order valence-electron chi connectivity index (χ2n) is 7.46. The van der Waals surface area contributed by atoms with E-state index in [0.29, 0.717) is 37.9 Å². The molecule has 2 aliphatic heterocycles. The quantitative estimate of drug-likeness (QED) is 0.761. The van der Waals surface area contributed by atoms with Gasteiger partial charge in [0.15, 0.2) is 0 Å². The fourth-order valence-corrected chi connectivity index (χ4v) is 3.83. The first kappa shape index (κ1) is 18.1. The third-order valence-corrected chi connectivity index (χ3v) is 5.45. The normalized spacial score (nSPS) is 22.0. The number of piperazine rings is 1. The Bertz CT molecular complexity index is 785. The second-order valence-corrected chi connectivity index (χ2v) is 7.46. The number of morpholine rings is 1. The van der Waals surface area contributed by atoms with Crippen LogP contribution in [0.4, 0.5) is 5.82 Å². The summed E-state index contributed by atoms with van der Waals surface area (Å²) < 4.78 is 7.71. The van der Waals surface area contributed by atoms with Crippen molar-refractivity contribution in [1.29, 1.82) is 0 Å². The van der Waals surface area contributed by atoms with Gasteiger partial charge in [0, 0.05) is 51.5 Å². The molecule has 27 heavy (non-hydrogen) atoms. The van der Waals surface area contributed by atoms with E-state index in [1.165, 1.54) is 0 Å². The maximum absolute atomic E-state index is 12.7. The Morgan fingerprint density at radius 3 is 2.85 bits per heavy atom. The van der Waals surface area contributed by atoms with E-state index in [4.69, 9.17) is 4.74 Å². The summed E-state index contributed by atoms with van der Waals surface area (Å²) in [6.07, 6.45) is 3.89. The number of carbonyl (C=O) groups is 1. The van der Waals surface area contributed by atoms with Crippen molar-refractivity contribution in [2.45, 2.75) is 32.4 Å². The molecule has 1 unspecified atom stereocenters. The number of ether oxygens (including phenoxy) is 1. The molecule has 0 aliphatic carbocycles. The third-order valence-electron chi connectivity index (χ3n) is 5.45. The van der Waals surface area contributed by atoms with Crippen molar-refractivity contribution in [3.8, 4) is 0 Å². The smallest absolute Gasteiger partial charge is 0.256 e. The monoisotopic (exact) mass is 373 g/mol. The zero-order valence-electron chi connectivity index (χ0n) is 16.0. The maximum Gasteiger partial charge on any atom is 0.256 e. The number of anilines is 1. The van der Waals surface area contributed by atoms with Crippen LogP contribution in [0.25, 0.3) is 5.78 Å². The first-order valence-electron chi connectivity index (χ1n) is 9.65. The summed E-state index contributed by atoms with van der Waals surface area (Å²) in [7, 11) is 0. The number of nitrogens with zero attached hydrogens (tertiary/aromatic N) is 7. The van der Waals surface area contributed by atoms with Crippen molar-refractivity contribution in [3.63, 3.8) is 0 Å². The van der Waals surface area contributed by atoms with Crippen LogP contribution in [-0.4, -0.2) is 93.3 Å². The van der Waals surface area contributed by atoms with E-state index in [1.807, 2.05) is 15.4 Å². The fraction of sp³-hybridized carbons (Fsp3) is 0.667. The van der Waals surface area contributed by atoms with Crippen molar-refractivity contribution in [1.82, 2.24) is 29.4 Å². The minimum atomic E-state index is 0.00326. The molecule has 4 heterocycles. The molecule has 9 nitrogen and oxygen atoms in total. The van der Waals surface area contributed by atoms with Gasteiger partial charge < -0.3 is 14.5 Å². The standard InChI is InChI=1S/C18H27N7O2/c1-14(2)24-9-10-27-15(12-24)11-17(26)23-7-5-22(6-8-23)16-3-4-19-18-21-20-13-25(16)18/h3-4,13-15H,5-12H2,1-2H3. The first-order valence-corrected chi connectivity index (χ1v) is 9.65. The summed E-state index contributed by atoms with van der Waals surface area (Å²) in [5, 5.41) is 7.92.